The molecule has 0 fully saturated rings. The maximum absolute atomic E-state index is 6.91. The summed E-state index contributed by atoms with van der Waals surface area (Å²) >= 11 is 1.79. The van der Waals surface area contributed by atoms with E-state index in [1.807, 2.05) is 60.7 Å². The normalized spacial score (nSPS) is 11.9. The molecule has 0 saturated heterocycles. The molecule has 12 rings (SSSR count). The molecule has 0 atom stereocenters. The van der Waals surface area contributed by atoms with Gasteiger partial charge in [0, 0.05) is 58.4 Å². The van der Waals surface area contributed by atoms with E-state index in [0.717, 1.165) is 71.9 Å². The van der Waals surface area contributed by atoms with Crippen molar-refractivity contribution in [3.8, 4) is 51.0 Å². The van der Waals surface area contributed by atoms with Crippen molar-refractivity contribution >= 4 is 75.3 Å². The third kappa shape index (κ3) is 4.98. The predicted octanol–water partition coefficient (Wildman–Crippen LogP) is 13.9. The Balaban J connectivity index is 1.06. The van der Waals surface area contributed by atoms with Gasteiger partial charge in [0.2, 0.25) is 0 Å². The average molecular weight is 747 g/mol. The van der Waals surface area contributed by atoms with Gasteiger partial charge in [0.1, 0.15) is 5.58 Å². The Bertz CT molecular complexity index is 3420. The van der Waals surface area contributed by atoms with E-state index in [4.69, 9.17) is 19.4 Å². The molecule has 12 aromatic rings. The molecule has 0 amide bonds. The lowest BCUT2D eigenvalue weighted by Crippen LogP contribution is -2.00. The molecular formula is C51H30N4OS. The van der Waals surface area contributed by atoms with Crippen LogP contribution in [0, 0.1) is 0 Å². The fourth-order valence-electron chi connectivity index (χ4n) is 8.53. The second kappa shape index (κ2) is 12.6. The number of hydrogen-bond acceptors (Lipinski definition) is 5. The molecule has 0 N–H and O–H groups in total. The van der Waals surface area contributed by atoms with E-state index >= 15 is 0 Å². The minimum absolute atomic E-state index is 0.645. The molecule has 0 spiro atoms. The second-order valence-electron chi connectivity index (χ2n) is 14.3. The first-order valence-electron chi connectivity index (χ1n) is 19.0. The van der Waals surface area contributed by atoms with Crippen molar-refractivity contribution in [1.82, 2.24) is 19.5 Å². The standard InChI is InChI=1S/C51H30N4OS/c1-3-14-31(15-4-1)49-52-50(32-16-5-2-6-17-32)54-51(53-49)39-22-13-27-45-47(39)46-34(20-12-26-44(46)57-45)33-28-29-37-38-21-11-25-42(48(38)56-43(37)30-33)55-40-23-9-7-18-35(40)36-19-8-10-24-41(36)55/h1-30H. The van der Waals surface area contributed by atoms with Crippen LogP contribution in [0.3, 0.4) is 0 Å². The summed E-state index contributed by atoms with van der Waals surface area (Å²) in [6.07, 6.45) is 0. The second-order valence-corrected chi connectivity index (χ2v) is 15.4. The van der Waals surface area contributed by atoms with Crippen LogP contribution < -0.4 is 0 Å². The maximum Gasteiger partial charge on any atom is 0.164 e. The summed E-state index contributed by atoms with van der Waals surface area (Å²) in [5.74, 6) is 1.94. The smallest absolute Gasteiger partial charge is 0.164 e. The molecular weight excluding hydrogens is 717 g/mol. The number of para-hydroxylation sites is 3. The van der Waals surface area contributed by atoms with E-state index in [0.29, 0.717) is 17.5 Å². The van der Waals surface area contributed by atoms with E-state index in [2.05, 4.69) is 126 Å². The van der Waals surface area contributed by atoms with Gasteiger partial charge in [0.25, 0.3) is 0 Å². The Morgan fingerprint density at radius 3 is 1.61 bits per heavy atom. The van der Waals surface area contributed by atoms with Crippen LogP contribution in [0.25, 0.3) is 115 Å². The number of thiophene rings is 1. The van der Waals surface area contributed by atoms with Crippen LogP contribution in [-0.4, -0.2) is 19.5 Å². The molecule has 0 aliphatic heterocycles. The first kappa shape index (κ1) is 31.9. The van der Waals surface area contributed by atoms with Crippen LogP contribution in [0.15, 0.2) is 186 Å². The van der Waals surface area contributed by atoms with Gasteiger partial charge < -0.3 is 8.98 Å². The molecule has 0 aliphatic carbocycles. The summed E-state index contributed by atoms with van der Waals surface area (Å²) in [4.78, 5) is 15.2. The van der Waals surface area contributed by atoms with Crippen molar-refractivity contribution in [1.29, 1.82) is 0 Å². The van der Waals surface area contributed by atoms with Crippen molar-refractivity contribution in [2.24, 2.45) is 0 Å². The lowest BCUT2D eigenvalue weighted by atomic mass is 9.96. The van der Waals surface area contributed by atoms with Gasteiger partial charge in [-0.25, -0.2) is 15.0 Å². The molecule has 6 heteroatoms. The van der Waals surface area contributed by atoms with Crippen LogP contribution >= 0.6 is 11.3 Å². The third-order valence-corrected chi connectivity index (χ3v) is 12.2. The van der Waals surface area contributed by atoms with E-state index in [9.17, 15) is 0 Å². The molecule has 266 valence electrons. The molecule has 0 unspecified atom stereocenters. The van der Waals surface area contributed by atoms with Crippen molar-refractivity contribution in [3.05, 3.63) is 182 Å². The largest absolute Gasteiger partial charge is 0.454 e. The van der Waals surface area contributed by atoms with E-state index < -0.39 is 0 Å². The highest BCUT2D eigenvalue weighted by Crippen LogP contribution is 2.45. The number of rotatable bonds is 5. The van der Waals surface area contributed by atoms with Crippen LogP contribution in [0.5, 0.6) is 0 Å². The van der Waals surface area contributed by atoms with Gasteiger partial charge in [-0.15, -0.1) is 11.3 Å². The lowest BCUT2D eigenvalue weighted by Gasteiger charge is -2.10. The highest BCUT2D eigenvalue weighted by Gasteiger charge is 2.21. The molecule has 4 aromatic heterocycles. The molecule has 0 aliphatic rings. The third-order valence-electron chi connectivity index (χ3n) is 11.1. The zero-order valence-corrected chi connectivity index (χ0v) is 31.2. The fraction of sp³-hybridized carbons (Fsp3) is 0. The van der Waals surface area contributed by atoms with Crippen molar-refractivity contribution in [2.75, 3.05) is 0 Å². The van der Waals surface area contributed by atoms with Crippen LogP contribution in [0.2, 0.25) is 0 Å². The molecule has 8 aromatic carbocycles. The monoisotopic (exact) mass is 746 g/mol. The predicted molar refractivity (Wildman–Crippen MR) is 236 cm³/mol. The van der Waals surface area contributed by atoms with E-state index in [-0.39, 0.29) is 0 Å². The Morgan fingerprint density at radius 1 is 0.404 bits per heavy atom. The zero-order valence-electron chi connectivity index (χ0n) is 30.4. The number of fused-ring (bicyclic) bond motifs is 9. The summed E-state index contributed by atoms with van der Waals surface area (Å²) in [5, 5.41) is 6.95. The zero-order chi connectivity index (χ0) is 37.5. The average Bonchev–Trinajstić information content (AvgIpc) is 3.96. The molecule has 0 bridgehead atoms. The SMILES string of the molecule is c1ccc(-c2nc(-c3ccccc3)nc(-c3cccc4sc5cccc(-c6ccc7c(c6)oc6c(-n8c9ccccc9c9ccccc98)cccc67)c5c34)n2)cc1. The summed E-state index contributed by atoms with van der Waals surface area (Å²) in [7, 11) is 0. The first-order valence-corrected chi connectivity index (χ1v) is 19.8. The summed E-state index contributed by atoms with van der Waals surface area (Å²) in [6.45, 7) is 0. The van der Waals surface area contributed by atoms with Crippen molar-refractivity contribution in [3.63, 3.8) is 0 Å². The highest BCUT2D eigenvalue weighted by atomic mass is 32.1. The highest BCUT2D eigenvalue weighted by molar-refractivity contribution is 7.26. The minimum Gasteiger partial charge on any atom is -0.454 e. The van der Waals surface area contributed by atoms with E-state index in [1.54, 1.807) is 11.3 Å². The number of furan rings is 1. The van der Waals surface area contributed by atoms with E-state index in [1.165, 1.54) is 25.6 Å². The van der Waals surface area contributed by atoms with Crippen molar-refractivity contribution < 1.29 is 4.42 Å². The van der Waals surface area contributed by atoms with Gasteiger partial charge in [-0.05, 0) is 53.6 Å². The minimum atomic E-state index is 0.645. The van der Waals surface area contributed by atoms with Gasteiger partial charge in [-0.1, -0.05) is 140 Å². The Morgan fingerprint density at radius 2 is 0.947 bits per heavy atom. The summed E-state index contributed by atoms with van der Waals surface area (Å²) in [5.41, 5.74) is 10.2. The number of benzene rings is 8. The van der Waals surface area contributed by atoms with Gasteiger partial charge in [0.05, 0.1) is 16.7 Å². The summed E-state index contributed by atoms with van der Waals surface area (Å²) in [6, 6.07) is 63.6. The molecule has 5 nitrogen and oxygen atoms in total. The van der Waals surface area contributed by atoms with Gasteiger partial charge in [-0.2, -0.15) is 0 Å². The Hall–Kier alpha value is -7.41. The number of aromatic nitrogens is 4. The van der Waals surface area contributed by atoms with Gasteiger partial charge in [0.15, 0.2) is 23.1 Å². The lowest BCUT2D eigenvalue weighted by molar-refractivity contribution is 0.666. The maximum atomic E-state index is 6.91. The Kier molecular flexibility index (Phi) is 7.03. The molecule has 4 heterocycles. The number of hydrogen-bond donors (Lipinski definition) is 0. The molecule has 0 radical (unpaired) electrons. The molecule has 57 heavy (non-hydrogen) atoms. The quantitative estimate of drug-likeness (QED) is 0.176. The van der Waals surface area contributed by atoms with Crippen LogP contribution in [0.4, 0.5) is 0 Å². The Labute approximate surface area is 330 Å². The van der Waals surface area contributed by atoms with Crippen molar-refractivity contribution in [2.45, 2.75) is 0 Å². The topological polar surface area (TPSA) is 56.7 Å². The van der Waals surface area contributed by atoms with Crippen LogP contribution in [-0.2, 0) is 0 Å². The molecule has 0 saturated carbocycles. The van der Waals surface area contributed by atoms with Crippen LogP contribution in [0.1, 0.15) is 0 Å². The van der Waals surface area contributed by atoms with Gasteiger partial charge in [-0.3, -0.25) is 0 Å². The first-order chi connectivity index (χ1) is 28.3. The fourth-order valence-corrected chi connectivity index (χ4v) is 9.69. The number of nitrogens with zero attached hydrogens (tertiary/aromatic N) is 4. The summed E-state index contributed by atoms with van der Waals surface area (Å²) < 4.78 is 11.6. The van der Waals surface area contributed by atoms with Gasteiger partial charge >= 0.3 is 0 Å².